The second kappa shape index (κ2) is 5.11. The number of fused-ring (bicyclic) bond motifs is 1. The highest BCUT2D eigenvalue weighted by Gasteiger charge is 2.29. The lowest BCUT2D eigenvalue weighted by Crippen LogP contribution is -2.18. The second-order valence-corrected chi connectivity index (χ2v) is 5.32. The van der Waals surface area contributed by atoms with Gasteiger partial charge in [-0.25, -0.2) is 0 Å². The van der Waals surface area contributed by atoms with Crippen LogP contribution in [0.4, 0.5) is 4.79 Å². The smallest absolute Gasteiger partial charge is 0.290 e. The van der Waals surface area contributed by atoms with Crippen LogP contribution in [0.1, 0.15) is 5.56 Å². The van der Waals surface area contributed by atoms with Crippen molar-refractivity contribution in [1.82, 2.24) is 5.32 Å². The van der Waals surface area contributed by atoms with Crippen molar-refractivity contribution in [2.45, 2.75) is 0 Å². The first-order valence-electron chi connectivity index (χ1n) is 6.06. The molecule has 0 aliphatic carbocycles. The molecule has 2 aromatic rings. The lowest BCUT2D eigenvalue weighted by atomic mass is 9.98. The summed E-state index contributed by atoms with van der Waals surface area (Å²) in [5.41, 5.74) is 1.26. The normalized spacial score (nSPS) is 17.4. The number of nitrogens with one attached hydrogen (secondary N) is 1. The first-order valence-corrected chi connectivity index (χ1v) is 6.87. The van der Waals surface area contributed by atoms with E-state index < -0.39 is 11.1 Å². The molecule has 1 fully saturated rings. The Morgan fingerprint density at radius 1 is 1.10 bits per heavy atom. The van der Waals surface area contributed by atoms with E-state index in [0.717, 1.165) is 28.1 Å². The predicted octanol–water partition coefficient (Wildman–Crippen LogP) is 2.53. The number of hydrogen-bond donors (Lipinski definition) is 2. The van der Waals surface area contributed by atoms with Gasteiger partial charge in [-0.05, 0) is 28.1 Å². The Balaban J connectivity index is 2.25. The minimum absolute atomic E-state index is 0.272. The van der Waals surface area contributed by atoms with Gasteiger partial charge in [0, 0.05) is 5.57 Å². The molecule has 0 spiro atoms. The van der Waals surface area contributed by atoms with Gasteiger partial charge in [0.2, 0.25) is 0 Å². The second-order valence-electron chi connectivity index (χ2n) is 4.34. The molecule has 5 heteroatoms. The molecule has 0 bridgehead atoms. The van der Waals surface area contributed by atoms with E-state index >= 15 is 0 Å². The first-order chi connectivity index (χ1) is 9.70. The van der Waals surface area contributed by atoms with E-state index in [9.17, 15) is 14.7 Å². The highest BCUT2D eigenvalue weighted by Crippen LogP contribution is 2.34. The van der Waals surface area contributed by atoms with Crippen LogP contribution in [0, 0.1) is 0 Å². The molecule has 2 aromatic carbocycles. The highest BCUT2D eigenvalue weighted by atomic mass is 32.2. The van der Waals surface area contributed by atoms with Gasteiger partial charge >= 0.3 is 0 Å². The van der Waals surface area contributed by atoms with Crippen molar-refractivity contribution in [2.24, 2.45) is 0 Å². The van der Waals surface area contributed by atoms with Gasteiger partial charge < -0.3 is 5.11 Å². The third kappa shape index (κ3) is 2.11. The Kier molecular flexibility index (Phi) is 3.30. The largest absolute Gasteiger partial charge is 0.392 e. The van der Waals surface area contributed by atoms with Crippen molar-refractivity contribution in [3.05, 3.63) is 52.9 Å². The summed E-state index contributed by atoms with van der Waals surface area (Å²) in [6, 6.07) is 13.4. The minimum Gasteiger partial charge on any atom is -0.392 e. The molecule has 20 heavy (non-hydrogen) atoms. The van der Waals surface area contributed by atoms with Crippen LogP contribution in [0.5, 0.6) is 0 Å². The molecule has 0 radical (unpaired) electrons. The van der Waals surface area contributed by atoms with Crippen molar-refractivity contribution in [3.63, 3.8) is 0 Å². The number of benzene rings is 2. The number of rotatable bonds is 2. The number of aliphatic hydroxyl groups excluding tert-OH is 1. The topological polar surface area (TPSA) is 66.4 Å². The van der Waals surface area contributed by atoms with E-state index in [1.807, 2.05) is 42.5 Å². The molecular formula is C15H11NO3S. The molecule has 3 rings (SSSR count). The van der Waals surface area contributed by atoms with E-state index in [4.69, 9.17) is 0 Å². The van der Waals surface area contributed by atoms with Gasteiger partial charge in [0.15, 0.2) is 0 Å². The fourth-order valence-electron chi connectivity index (χ4n) is 2.28. The van der Waals surface area contributed by atoms with E-state index in [-0.39, 0.29) is 11.5 Å². The van der Waals surface area contributed by atoms with Crippen molar-refractivity contribution in [1.29, 1.82) is 0 Å². The Morgan fingerprint density at radius 2 is 1.85 bits per heavy atom. The number of thioether (sulfide) groups is 1. The minimum atomic E-state index is -0.447. The first kappa shape index (κ1) is 12.9. The maximum Gasteiger partial charge on any atom is 0.290 e. The third-order valence-corrected chi connectivity index (χ3v) is 4.09. The fourth-order valence-corrected chi connectivity index (χ4v) is 3.05. The van der Waals surface area contributed by atoms with Gasteiger partial charge in [0.1, 0.15) is 0 Å². The van der Waals surface area contributed by atoms with Crippen LogP contribution in [0.15, 0.2) is 47.4 Å². The van der Waals surface area contributed by atoms with Crippen LogP contribution in [0.3, 0.4) is 0 Å². The lowest BCUT2D eigenvalue weighted by molar-refractivity contribution is -0.115. The zero-order valence-electron chi connectivity index (χ0n) is 10.4. The lowest BCUT2D eigenvalue weighted by Gasteiger charge is -2.10. The summed E-state index contributed by atoms with van der Waals surface area (Å²) in [5.74, 6) is -0.447. The van der Waals surface area contributed by atoms with Gasteiger partial charge in [0.25, 0.3) is 11.1 Å². The molecule has 4 nitrogen and oxygen atoms in total. The molecule has 0 saturated carbocycles. The predicted molar refractivity (Wildman–Crippen MR) is 79.1 cm³/mol. The number of amides is 2. The SMILES string of the molecule is O=C1NC(=O)/C(=C(\CO)c2cccc3ccccc23)S1. The molecule has 0 aromatic heterocycles. The molecular weight excluding hydrogens is 274 g/mol. The summed E-state index contributed by atoms with van der Waals surface area (Å²) in [5, 5.41) is 13.4. The average Bonchev–Trinajstić information content (AvgIpc) is 2.79. The van der Waals surface area contributed by atoms with Crippen molar-refractivity contribution in [2.75, 3.05) is 6.61 Å². The molecule has 1 heterocycles. The summed E-state index contributed by atoms with van der Waals surface area (Å²) >= 11 is 0.830. The van der Waals surface area contributed by atoms with Gasteiger partial charge in [-0.2, -0.15) is 0 Å². The van der Waals surface area contributed by atoms with Gasteiger partial charge in [-0.1, -0.05) is 42.5 Å². The molecule has 1 aliphatic heterocycles. The Morgan fingerprint density at radius 3 is 2.55 bits per heavy atom. The molecule has 100 valence electrons. The summed E-state index contributed by atoms with van der Waals surface area (Å²) in [7, 11) is 0. The summed E-state index contributed by atoms with van der Waals surface area (Å²) < 4.78 is 0. The van der Waals surface area contributed by atoms with Crippen LogP contribution in [-0.2, 0) is 4.79 Å². The number of imide groups is 1. The Bertz CT molecular complexity index is 746. The Hall–Kier alpha value is -2.11. The van der Waals surface area contributed by atoms with E-state index in [1.54, 1.807) is 0 Å². The number of hydrogen-bond acceptors (Lipinski definition) is 4. The molecule has 2 amide bonds. The van der Waals surface area contributed by atoms with Crippen molar-refractivity contribution >= 4 is 39.3 Å². The zero-order chi connectivity index (χ0) is 14.1. The van der Waals surface area contributed by atoms with Crippen LogP contribution < -0.4 is 5.32 Å². The van der Waals surface area contributed by atoms with Gasteiger partial charge in [-0.3, -0.25) is 14.9 Å². The van der Waals surface area contributed by atoms with Crippen LogP contribution in [0.2, 0.25) is 0 Å². The maximum absolute atomic E-state index is 11.8. The summed E-state index contributed by atoms with van der Waals surface area (Å²) in [6.07, 6.45) is 0. The summed E-state index contributed by atoms with van der Waals surface area (Å²) in [6.45, 7) is -0.295. The van der Waals surface area contributed by atoms with E-state index in [1.165, 1.54) is 0 Å². The molecule has 0 unspecified atom stereocenters. The molecule has 0 atom stereocenters. The van der Waals surface area contributed by atoms with Crippen LogP contribution in [0.25, 0.3) is 16.3 Å². The monoisotopic (exact) mass is 285 g/mol. The molecule has 2 N–H and O–H groups in total. The van der Waals surface area contributed by atoms with E-state index in [2.05, 4.69) is 5.32 Å². The number of aliphatic hydroxyl groups is 1. The quantitative estimate of drug-likeness (QED) is 0.832. The standard InChI is InChI=1S/C15H11NO3S/c17-8-12(13-14(18)16-15(19)20-13)11-7-3-5-9-4-1-2-6-10(9)11/h1-7,17H,8H2,(H,16,18,19)/b13-12-. The van der Waals surface area contributed by atoms with Crippen molar-refractivity contribution in [3.8, 4) is 0 Å². The van der Waals surface area contributed by atoms with Gasteiger partial charge in [0.05, 0.1) is 11.5 Å². The summed E-state index contributed by atoms with van der Waals surface area (Å²) in [4.78, 5) is 23.3. The zero-order valence-corrected chi connectivity index (χ0v) is 11.2. The van der Waals surface area contributed by atoms with E-state index in [0.29, 0.717) is 5.57 Å². The molecule has 1 saturated heterocycles. The fraction of sp³-hybridized carbons (Fsp3) is 0.0667. The Labute approximate surface area is 119 Å². The van der Waals surface area contributed by atoms with Crippen LogP contribution >= 0.6 is 11.8 Å². The average molecular weight is 285 g/mol. The van der Waals surface area contributed by atoms with Crippen molar-refractivity contribution < 1.29 is 14.7 Å². The van der Waals surface area contributed by atoms with Gasteiger partial charge in [-0.15, -0.1) is 0 Å². The van der Waals surface area contributed by atoms with Crippen LogP contribution in [-0.4, -0.2) is 22.9 Å². The number of carbonyl (C=O) groups is 2. The maximum atomic E-state index is 11.8. The number of carbonyl (C=O) groups excluding carboxylic acids is 2. The molecule has 1 aliphatic rings. The third-order valence-electron chi connectivity index (χ3n) is 3.16. The highest BCUT2D eigenvalue weighted by molar-refractivity contribution is 8.18.